The molecule has 1 heterocycles. The molecule has 2 nitrogen and oxygen atoms in total. The van der Waals surface area contributed by atoms with Crippen LogP contribution < -0.4 is 0 Å². The Bertz CT molecular complexity index is 129. The van der Waals surface area contributed by atoms with Gasteiger partial charge >= 0.3 is 7.80 Å². The van der Waals surface area contributed by atoms with Crippen molar-refractivity contribution in [3.63, 3.8) is 0 Å². The van der Waals surface area contributed by atoms with E-state index in [1.54, 1.807) is 0 Å². The van der Waals surface area contributed by atoms with E-state index >= 15 is 0 Å². The van der Waals surface area contributed by atoms with E-state index in [1.807, 2.05) is 0 Å². The fraction of sp³-hybridized carbons (Fsp3) is 0.750. The summed E-state index contributed by atoms with van der Waals surface area (Å²) in [5, 5.41) is -0.676. The highest BCUT2D eigenvalue weighted by molar-refractivity contribution is 7.50. The van der Waals surface area contributed by atoms with Crippen molar-refractivity contribution in [2.45, 2.75) is 11.5 Å². The van der Waals surface area contributed by atoms with Crippen molar-refractivity contribution in [3.8, 4) is 0 Å². The number of halogens is 1. The van der Waals surface area contributed by atoms with E-state index < -0.39 is 12.9 Å². The largest absolute Gasteiger partial charge is 0.366 e. The molecule has 4 heteroatoms. The van der Waals surface area contributed by atoms with Gasteiger partial charge in [0, 0.05) is 0 Å². The van der Waals surface area contributed by atoms with Gasteiger partial charge in [-0.05, 0) is 0 Å². The van der Waals surface area contributed by atoms with Crippen molar-refractivity contribution in [1.82, 2.24) is 0 Å². The number of carbonyl (C=O) groups is 1. The minimum atomic E-state index is -1.40. The lowest BCUT2D eigenvalue weighted by Gasteiger charge is -1.77. The molecule has 1 saturated heterocycles. The van der Waals surface area contributed by atoms with Crippen molar-refractivity contribution >= 4 is 25.2 Å². The van der Waals surface area contributed by atoms with E-state index in [0.717, 1.165) is 0 Å². The first-order valence-corrected chi connectivity index (χ1v) is 4.27. The summed E-state index contributed by atoms with van der Waals surface area (Å²) in [4.78, 5) is 10.5. The van der Waals surface area contributed by atoms with Crippen LogP contribution in [-0.4, -0.2) is 17.1 Å². The van der Waals surface area contributed by atoms with Crippen LogP contribution in [0.25, 0.3) is 0 Å². The molecular weight excluding hydrogens is 146 g/mol. The number of rotatable bonds is 0. The van der Waals surface area contributed by atoms with Crippen LogP contribution in [0.2, 0.25) is 0 Å². The Labute approximate surface area is 53.0 Å². The molecule has 0 radical (unpaired) electrons. The van der Waals surface area contributed by atoms with E-state index in [1.165, 1.54) is 0 Å². The zero-order chi connectivity index (χ0) is 6.15. The molecule has 0 amide bonds. The monoisotopic (exact) mass is 151 g/mol. The fourth-order valence-corrected chi connectivity index (χ4v) is 2.13. The molecule has 1 fully saturated rings. The number of hydrogen-bond donors (Lipinski definition) is 0. The topological polar surface area (TPSA) is 34.1 Å². The summed E-state index contributed by atoms with van der Waals surface area (Å²) in [6.07, 6.45) is 0.895. The van der Waals surface area contributed by atoms with Gasteiger partial charge in [-0.2, -0.15) is 0 Å². The first kappa shape index (κ1) is 6.18. The second kappa shape index (κ2) is 2.12. The van der Waals surface area contributed by atoms with E-state index in [4.69, 9.17) is 11.6 Å². The van der Waals surface area contributed by atoms with Gasteiger partial charge in [-0.3, -0.25) is 4.79 Å². The average Bonchev–Trinajstić information content (AvgIpc) is 1.98. The van der Waals surface area contributed by atoms with Gasteiger partial charge in [-0.15, -0.1) is 0 Å². The maximum atomic E-state index is 10.6. The van der Waals surface area contributed by atoms with Crippen LogP contribution in [0.5, 0.6) is 0 Å². The molecule has 44 valence electrons. The van der Waals surface area contributed by atoms with Gasteiger partial charge in [-0.1, -0.05) is 16.2 Å². The zero-order valence-corrected chi connectivity index (χ0v) is 5.78. The second-order valence-electron chi connectivity index (χ2n) is 1.69. The standard InChI is InChI=1S/C4H5ClO2P/c5-4-3(6)1-2-8(4)7/h4H,1-2H2/q+1. The van der Waals surface area contributed by atoms with Gasteiger partial charge in [-0.25, -0.2) is 0 Å². The predicted octanol–water partition coefficient (Wildman–Crippen LogP) is 1.35. The van der Waals surface area contributed by atoms with Crippen LogP contribution in [0.15, 0.2) is 0 Å². The number of Topliss-reactive ketones (excluding diaryl/α,β-unsaturated/α-hetero) is 1. The van der Waals surface area contributed by atoms with Crippen molar-refractivity contribution < 1.29 is 9.36 Å². The molecular formula is C4H5ClO2P+. The molecule has 2 atom stereocenters. The fourth-order valence-electron chi connectivity index (χ4n) is 0.613. The lowest BCUT2D eigenvalue weighted by atomic mass is 10.4. The highest BCUT2D eigenvalue weighted by Crippen LogP contribution is 2.39. The molecule has 0 aromatic rings. The summed E-state index contributed by atoms with van der Waals surface area (Å²) in [5.41, 5.74) is 0. The SMILES string of the molecule is O=C1CC[P+](=O)C1Cl. The Kier molecular flexibility index (Phi) is 1.64. The summed E-state index contributed by atoms with van der Waals surface area (Å²) in [7, 11) is -1.40. The lowest BCUT2D eigenvalue weighted by molar-refractivity contribution is -0.116. The summed E-state index contributed by atoms with van der Waals surface area (Å²) < 4.78 is 10.6. The van der Waals surface area contributed by atoms with E-state index in [-0.39, 0.29) is 5.78 Å². The molecule has 8 heavy (non-hydrogen) atoms. The van der Waals surface area contributed by atoms with Crippen LogP contribution in [0.4, 0.5) is 0 Å². The van der Waals surface area contributed by atoms with Crippen LogP contribution in [0.1, 0.15) is 6.42 Å². The molecule has 0 aliphatic carbocycles. The molecule has 0 bridgehead atoms. The van der Waals surface area contributed by atoms with Gasteiger partial charge < -0.3 is 0 Å². The minimum Gasteiger partial charge on any atom is -0.293 e. The second-order valence-corrected chi connectivity index (χ2v) is 4.23. The third-order valence-electron chi connectivity index (χ3n) is 1.10. The van der Waals surface area contributed by atoms with Crippen molar-refractivity contribution in [2.75, 3.05) is 6.16 Å². The van der Waals surface area contributed by atoms with Gasteiger partial charge in [0.1, 0.15) is 0 Å². The summed E-state index contributed by atoms with van der Waals surface area (Å²) in [6.45, 7) is 0. The number of ketones is 1. The molecule has 0 N–H and O–H groups in total. The maximum absolute atomic E-state index is 10.6. The average molecular weight is 152 g/mol. The Morgan fingerprint density at radius 2 is 2.38 bits per heavy atom. The van der Waals surface area contributed by atoms with Crippen LogP contribution in [-0.2, 0) is 9.36 Å². The van der Waals surface area contributed by atoms with Crippen LogP contribution in [0, 0.1) is 0 Å². The van der Waals surface area contributed by atoms with E-state index in [9.17, 15) is 9.36 Å². The van der Waals surface area contributed by atoms with E-state index in [0.29, 0.717) is 12.6 Å². The Hall–Kier alpha value is 0.0600. The van der Waals surface area contributed by atoms with Crippen molar-refractivity contribution in [3.05, 3.63) is 0 Å². The summed E-state index contributed by atoms with van der Waals surface area (Å²) in [6, 6.07) is 0. The van der Waals surface area contributed by atoms with E-state index in [2.05, 4.69) is 0 Å². The summed E-state index contributed by atoms with van der Waals surface area (Å²) in [5.74, 6) is -0.0622. The predicted molar refractivity (Wildman–Crippen MR) is 31.7 cm³/mol. The molecule has 1 aliphatic heterocycles. The summed E-state index contributed by atoms with van der Waals surface area (Å²) >= 11 is 5.38. The van der Waals surface area contributed by atoms with Crippen molar-refractivity contribution in [2.24, 2.45) is 0 Å². The molecule has 0 saturated carbocycles. The number of hydrogen-bond acceptors (Lipinski definition) is 2. The molecule has 0 aromatic carbocycles. The molecule has 1 rings (SSSR count). The normalized spacial score (nSPS) is 33.9. The van der Waals surface area contributed by atoms with Crippen molar-refractivity contribution in [1.29, 1.82) is 0 Å². The number of carbonyl (C=O) groups excluding carboxylic acids is 1. The first-order chi connectivity index (χ1) is 3.72. The third-order valence-corrected chi connectivity index (χ3v) is 3.45. The molecule has 1 aliphatic rings. The first-order valence-electron chi connectivity index (χ1n) is 2.32. The minimum absolute atomic E-state index is 0.0622. The number of alkyl halides is 1. The lowest BCUT2D eigenvalue weighted by Crippen LogP contribution is -2.00. The molecule has 0 aromatic heterocycles. The zero-order valence-electron chi connectivity index (χ0n) is 4.13. The van der Waals surface area contributed by atoms with Gasteiger partial charge in [0.05, 0.1) is 6.42 Å². The highest BCUT2D eigenvalue weighted by atomic mass is 35.5. The smallest absolute Gasteiger partial charge is 0.293 e. The van der Waals surface area contributed by atoms with Gasteiger partial charge in [0.15, 0.2) is 6.16 Å². The Morgan fingerprint density at radius 1 is 1.75 bits per heavy atom. The highest BCUT2D eigenvalue weighted by Gasteiger charge is 2.42. The molecule has 0 spiro atoms. The Balaban J connectivity index is 2.70. The Morgan fingerprint density at radius 3 is 2.50 bits per heavy atom. The third kappa shape index (κ3) is 0.910. The molecule has 2 unspecified atom stereocenters. The van der Waals surface area contributed by atoms with Crippen LogP contribution in [0.3, 0.4) is 0 Å². The van der Waals surface area contributed by atoms with Gasteiger partial charge in [0.2, 0.25) is 5.78 Å². The maximum Gasteiger partial charge on any atom is 0.366 e. The van der Waals surface area contributed by atoms with Crippen LogP contribution >= 0.6 is 19.4 Å². The quantitative estimate of drug-likeness (QED) is 0.387. The van der Waals surface area contributed by atoms with Gasteiger partial charge in [0.25, 0.3) is 5.12 Å².